The van der Waals surface area contributed by atoms with Crippen LogP contribution >= 0.6 is 0 Å². The Morgan fingerprint density at radius 1 is 1.11 bits per heavy atom. The van der Waals surface area contributed by atoms with Crippen molar-refractivity contribution >= 4 is 16.9 Å². The van der Waals surface area contributed by atoms with Gasteiger partial charge in [-0.2, -0.15) is 0 Å². The monoisotopic (exact) mass is 377 g/mol. The molecule has 28 heavy (non-hydrogen) atoms. The molecule has 0 aliphatic carbocycles. The first-order chi connectivity index (χ1) is 13.7. The summed E-state index contributed by atoms with van der Waals surface area (Å²) >= 11 is 0. The quantitative estimate of drug-likeness (QED) is 0.742. The van der Waals surface area contributed by atoms with Crippen LogP contribution in [-0.4, -0.2) is 46.1 Å². The lowest BCUT2D eigenvalue weighted by atomic mass is 9.96. The van der Waals surface area contributed by atoms with E-state index in [1.807, 2.05) is 60.4 Å². The van der Waals surface area contributed by atoms with Crippen LogP contribution in [0.3, 0.4) is 0 Å². The first-order valence-corrected chi connectivity index (χ1v) is 9.85. The Kier molecular flexibility index (Phi) is 4.19. The SMILES string of the molecule is CC1Oc2ccccc2OC1C(=O)N1CCCC(c2nc3ccccc3[nH]2)C1. The topological polar surface area (TPSA) is 67.5 Å². The standard InChI is InChI=1S/C22H23N3O3/c1-14-20(28-19-11-5-4-10-18(19)27-14)22(26)25-12-6-7-15(13-25)21-23-16-8-2-3-9-17(16)24-21/h2-5,8-11,14-15,20H,6-7,12-13H2,1H3,(H,23,24). The van der Waals surface area contributed by atoms with Gasteiger partial charge in [-0.1, -0.05) is 24.3 Å². The number of hydrogen-bond acceptors (Lipinski definition) is 4. The Balaban J connectivity index is 1.34. The van der Waals surface area contributed by atoms with Crippen LogP contribution in [0.1, 0.15) is 31.5 Å². The molecule has 5 rings (SSSR count). The number of para-hydroxylation sites is 4. The smallest absolute Gasteiger partial charge is 0.267 e. The van der Waals surface area contributed by atoms with E-state index >= 15 is 0 Å². The second-order valence-corrected chi connectivity index (χ2v) is 7.57. The summed E-state index contributed by atoms with van der Waals surface area (Å²) in [6.45, 7) is 3.27. The zero-order valence-corrected chi connectivity index (χ0v) is 15.8. The highest BCUT2D eigenvalue weighted by atomic mass is 16.6. The first kappa shape index (κ1) is 17.1. The molecule has 6 nitrogen and oxygen atoms in total. The Hall–Kier alpha value is -3.02. The molecule has 1 saturated heterocycles. The zero-order valence-electron chi connectivity index (χ0n) is 15.8. The van der Waals surface area contributed by atoms with E-state index in [-0.39, 0.29) is 17.9 Å². The molecule has 0 radical (unpaired) electrons. The third-order valence-corrected chi connectivity index (χ3v) is 5.61. The minimum atomic E-state index is -0.621. The van der Waals surface area contributed by atoms with Crippen molar-refractivity contribution in [2.45, 2.75) is 37.9 Å². The number of likely N-dealkylation sites (tertiary alicyclic amines) is 1. The normalized spacial score (nSPS) is 24.3. The molecule has 0 saturated carbocycles. The molecule has 1 aromatic heterocycles. The van der Waals surface area contributed by atoms with Gasteiger partial charge < -0.3 is 19.4 Å². The summed E-state index contributed by atoms with van der Waals surface area (Å²) in [5.41, 5.74) is 2.00. The molecular weight excluding hydrogens is 354 g/mol. The van der Waals surface area contributed by atoms with Crippen LogP contribution in [0.2, 0.25) is 0 Å². The van der Waals surface area contributed by atoms with E-state index in [2.05, 4.69) is 4.98 Å². The second-order valence-electron chi connectivity index (χ2n) is 7.57. The number of piperidine rings is 1. The van der Waals surface area contributed by atoms with Crippen molar-refractivity contribution in [1.82, 2.24) is 14.9 Å². The van der Waals surface area contributed by atoms with E-state index in [0.717, 1.165) is 36.2 Å². The number of nitrogens with zero attached hydrogens (tertiary/aromatic N) is 2. The fraction of sp³-hybridized carbons (Fsp3) is 0.364. The molecule has 3 atom stereocenters. The Bertz CT molecular complexity index is 982. The predicted molar refractivity (Wildman–Crippen MR) is 106 cm³/mol. The molecule has 1 N–H and O–H groups in total. The van der Waals surface area contributed by atoms with Gasteiger partial charge in [0, 0.05) is 19.0 Å². The highest BCUT2D eigenvalue weighted by Gasteiger charge is 2.38. The molecule has 6 heteroatoms. The highest BCUT2D eigenvalue weighted by Crippen LogP contribution is 2.35. The number of nitrogens with one attached hydrogen (secondary N) is 1. The zero-order chi connectivity index (χ0) is 19.1. The van der Waals surface area contributed by atoms with Crippen LogP contribution in [0.25, 0.3) is 11.0 Å². The lowest BCUT2D eigenvalue weighted by molar-refractivity contribution is -0.145. The van der Waals surface area contributed by atoms with E-state index < -0.39 is 6.10 Å². The molecule has 3 unspecified atom stereocenters. The lowest BCUT2D eigenvalue weighted by Gasteiger charge is -2.37. The number of imidazole rings is 1. The average molecular weight is 377 g/mol. The van der Waals surface area contributed by atoms with Gasteiger partial charge in [0.1, 0.15) is 11.9 Å². The molecule has 2 aliphatic heterocycles. The molecule has 1 amide bonds. The van der Waals surface area contributed by atoms with E-state index in [4.69, 9.17) is 14.5 Å². The predicted octanol–water partition coefficient (Wildman–Crippen LogP) is 3.50. The van der Waals surface area contributed by atoms with Crippen LogP contribution in [0.4, 0.5) is 0 Å². The number of rotatable bonds is 2. The number of aromatic amines is 1. The van der Waals surface area contributed by atoms with Gasteiger partial charge in [-0.3, -0.25) is 4.79 Å². The van der Waals surface area contributed by atoms with Crippen molar-refractivity contribution in [2.75, 3.05) is 13.1 Å². The van der Waals surface area contributed by atoms with Crippen LogP contribution in [0.5, 0.6) is 11.5 Å². The summed E-state index contributed by atoms with van der Waals surface area (Å²) in [5, 5.41) is 0. The lowest BCUT2D eigenvalue weighted by Crippen LogP contribution is -2.52. The number of benzene rings is 2. The summed E-state index contributed by atoms with van der Waals surface area (Å²) in [6.07, 6.45) is 1.02. The summed E-state index contributed by atoms with van der Waals surface area (Å²) in [7, 11) is 0. The van der Waals surface area contributed by atoms with Gasteiger partial charge in [0.2, 0.25) is 6.10 Å². The van der Waals surface area contributed by atoms with Crippen molar-refractivity contribution in [3.63, 3.8) is 0 Å². The van der Waals surface area contributed by atoms with E-state index in [1.165, 1.54) is 0 Å². The maximum atomic E-state index is 13.2. The molecule has 3 aromatic rings. The van der Waals surface area contributed by atoms with Crippen LogP contribution in [0.15, 0.2) is 48.5 Å². The minimum absolute atomic E-state index is 0.0113. The van der Waals surface area contributed by atoms with Crippen LogP contribution in [0, 0.1) is 0 Å². The van der Waals surface area contributed by atoms with Gasteiger partial charge in [0.05, 0.1) is 11.0 Å². The molecule has 0 spiro atoms. The summed E-state index contributed by atoms with van der Waals surface area (Å²) in [5.74, 6) is 2.47. The van der Waals surface area contributed by atoms with E-state index in [0.29, 0.717) is 18.0 Å². The van der Waals surface area contributed by atoms with Crippen LogP contribution in [-0.2, 0) is 4.79 Å². The van der Waals surface area contributed by atoms with Crippen molar-refractivity contribution in [3.8, 4) is 11.5 Å². The molecule has 2 aromatic carbocycles. The third-order valence-electron chi connectivity index (χ3n) is 5.61. The maximum Gasteiger partial charge on any atom is 0.267 e. The highest BCUT2D eigenvalue weighted by molar-refractivity contribution is 5.82. The van der Waals surface area contributed by atoms with Crippen molar-refractivity contribution in [1.29, 1.82) is 0 Å². The molecule has 3 heterocycles. The maximum absolute atomic E-state index is 13.2. The van der Waals surface area contributed by atoms with Gasteiger partial charge in [0.25, 0.3) is 5.91 Å². The first-order valence-electron chi connectivity index (χ1n) is 9.85. The van der Waals surface area contributed by atoms with Gasteiger partial charge in [0.15, 0.2) is 11.5 Å². The number of amides is 1. The molecular formula is C22H23N3O3. The molecule has 1 fully saturated rings. The largest absolute Gasteiger partial charge is 0.482 e. The summed E-state index contributed by atoms with van der Waals surface area (Å²) < 4.78 is 11.9. The van der Waals surface area contributed by atoms with Gasteiger partial charge in [-0.15, -0.1) is 0 Å². The van der Waals surface area contributed by atoms with E-state index in [9.17, 15) is 4.79 Å². The second kappa shape index (κ2) is 6.86. The Morgan fingerprint density at radius 2 is 1.86 bits per heavy atom. The number of ether oxygens (including phenoxy) is 2. The number of H-pyrrole nitrogens is 1. The Morgan fingerprint density at radius 3 is 2.68 bits per heavy atom. The van der Waals surface area contributed by atoms with Crippen molar-refractivity contribution in [2.24, 2.45) is 0 Å². The minimum Gasteiger partial charge on any atom is -0.482 e. The van der Waals surface area contributed by atoms with Crippen molar-refractivity contribution in [3.05, 3.63) is 54.4 Å². The third kappa shape index (κ3) is 2.99. The summed E-state index contributed by atoms with van der Waals surface area (Å²) in [6, 6.07) is 15.5. The van der Waals surface area contributed by atoms with E-state index in [1.54, 1.807) is 0 Å². The number of hydrogen-bond donors (Lipinski definition) is 1. The van der Waals surface area contributed by atoms with Gasteiger partial charge in [-0.05, 0) is 44.0 Å². The van der Waals surface area contributed by atoms with Gasteiger partial charge in [-0.25, -0.2) is 4.98 Å². The fourth-order valence-electron chi connectivity index (χ4n) is 4.14. The molecule has 144 valence electrons. The van der Waals surface area contributed by atoms with Crippen LogP contribution < -0.4 is 9.47 Å². The number of carbonyl (C=O) groups is 1. The number of aromatic nitrogens is 2. The molecule has 0 bridgehead atoms. The molecule has 2 aliphatic rings. The Labute approximate surface area is 163 Å². The van der Waals surface area contributed by atoms with Crippen molar-refractivity contribution < 1.29 is 14.3 Å². The number of fused-ring (bicyclic) bond motifs is 2. The van der Waals surface area contributed by atoms with Gasteiger partial charge >= 0.3 is 0 Å². The summed E-state index contributed by atoms with van der Waals surface area (Å²) in [4.78, 5) is 23.3. The average Bonchev–Trinajstić information content (AvgIpc) is 3.17. The fourth-order valence-corrected chi connectivity index (χ4v) is 4.14. The number of carbonyl (C=O) groups excluding carboxylic acids is 1.